The third kappa shape index (κ3) is 8.40. The van der Waals surface area contributed by atoms with Gasteiger partial charge >= 0.3 is 16.5 Å². The Kier molecular flexibility index (Phi) is 11.6. The number of rotatable bonds is 8. The van der Waals surface area contributed by atoms with Gasteiger partial charge in [0.05, 0.1) is 35.1 Å². The first-order chi connectivity index (χ1) is 19.7. The summed E-state index contributed by atoms with van der Waals surface area (Å²) in [6.07, 6.45) is 0. The molecule has 0 bridgehead atoms. The molecule has 0 saturated carbocycles. The summed E-state index contributed by atoms with van der Waals surface area (Å²) in [5.74, 6) is -2.75. The number of ether oxygens (including phenoxy) is 2. The van der Waals surface area contributed by atoms with Crippen molar-refractivity contribution < 1.29 is 71.7 Å². The molecule has 0 fully saturated rings. The third-order valence-corrected chi connectivity index (χ3v) is 7.38. The molecule has 2 N–H and O–H groups in total. The maximum Gasteiger partial charge on any atom is 2.00 e. The Morgan fingerprint density at radius 1 is 0.605 bits per heavy atom. The van der Waals surface area contributed by atoms with Crippen molar-refractivity contribution in [1.29, 1.82) is 0 Å². The fraction of sp³-hybridized carbons (Fsp3) is 0.0714. The largest absolute Gasteiger partial charge is 2.00 e. The molecule has 0 aliphatic carbocycles. The molecule has 43 heavy (non-hydrogen) atoms. The van der Waals surface area contributed by atoms with E-state index < -0.39 is 53.1 Å². The minimum absolute atomic E-state index is 0. The molecule has 0 saturated heterocycles. The molecule has 15 heteroatoms. The average Bonchev–Trinajstić information content (AvgIpc) is 2.96. The standard InChI is InChI=1S/2C14H12O6S.Ni/c2*1-20-12-8-11(15)10(7-13(12)21(17,18)19)14(16)9-5-3-2-4-6-9;/h2*2-8,15H,1H3,(H,17,18,19);/q;;+2/p-2. The quantitative estimate of drug-likeness (QED) is 0.157. The van der Waals surface area contributed by atoms with Crippen molar-refractivity contribution in [2.45, 2.75) is 9.79 Å². The maximum atomic E-state index is 12.2. The van der Waals surface area contributed by atoms with Gasteiger partial charge in [0.2, 0.25) is 0 Å². The molecular formula is C28H22NiO12S2. The van der Waals surface area contributed by atoms with Gasteiger partial charge < -0.3 is 28.8 Å². The van der Waals surface area contributed by atoms with E-state index in [1.54, 1.807) is 36.4 Å². The average molecular weight is 673 g/mol. The number of aromatic hydroxyl groups is 2. The first-order valence-electron chi connectivity index (χ1n) is 11.6. The van der Waals surface area contributed by atoms with E-state index in [1.165, 1.54) is 24.3 Å². The van der Waals surface area contributed by atoms with Crippen LogP contribution < -0.4 is 9.47 Å². The van der Waals surface area contributed by atoms with Gasteiger partial charge in [0.1, 0.15) is 43.2 Å². The van der Waals surface area contributed by atoms with Crippen molar-refractivity contribution in [2.75, 3.05) is 14.2 Å². The van der Waals surface area contributed by atoms with Crippen LogP contribution in [0.25, 0.3) is 0 Å². The molecule has 0 unspecified atom stereocenters. The van der Waals surface area contributed by atoms with Crippen LogP contribution in [0.5, 0.6) is 23.0 Å². The Hall–Kier alpha value is -4.27. The van der Waals surface area contributed by atoms with Gasteiger partial charge in [0, 0.05) is 23.3 Å². The van der Waals surface area contributed by atoms with E-state index in [0.29, 0.717) is 0 Å². The smallest absolute Gasteiger partial charge is 0.744 e. The Balaban J connectivity index is 0.000000293. The van der Waals surface area contributed by atoms with Gasteiger partial charge in [-0.15, -0.1) is 0 Å². The number of methoxy groups -OCH3 is 2. The van der Waals surface area contributed by atoms with Crippen LogP contribution in [0.4, 0.5) is 0 Å². The van der Waals surface area contributed by atoms with Gasteiger partial charge in [0.15, 0.2) is 11.6 Å². The number of carbonyl (C=O) groups excluding carboxylic acids is 2. The van der Waals surface area contributed by atoms with E-state index >= 15 is 0 Å². The predicted octanol–water partition coefficient (Wildman–Crippen LogP) is 3.07. The monoisotopic (exact) mass is 672 g/mol. The molecular weight excluding hydrogens is 651 g/mol. The first kappa shape index (κ1) is 34.9. The van der Waals surface area contributed by atoms with Crippen LogP contribution in [-0.4, -0.2) is 61.9 Å². The molecule has 4 aromatic carbocycles. The van der Waals surface area contributed by atoms with Gasteiger partial charge in [-0.3, -0.25) is 9.59 Å². The Labute approximate surface area is 257 Å². The molecule has 4 aromatic rings. The minimum atomic E-state index is -4.84. The molecule has 0 radical (unpaired) electrons. The molecule has 228 valence electrons. The summed E-state index contributed by atoms with van der Waals surface area (Å²) < 4.78 is 76.7. The molecule has 0 heterocycles. The van der Waals surface area contributed by atoms with Crippen molar-refractivity contribution in [1.82, 2.24) is 0 Å². The fourth-order valence-corrected chi connectivity index (χ4v) is 4.96. The first-order valence-corrected chi connectivity index (χ1v) is 14.4. The summed E-state index contributed by atoms with van der Waals surface area (Å²) in [6.45, 7) is 0. The molecule has 0 spiro atoms. The SMILES string of the molecule is COc1cc(O)c(C(=O)c2ccccc2)cc1S(=O)(=O)[O-].COc1cc(O)c(C(=O)c2ccccc2)cc1S(=O)(=O)[O-].[Ni+2]. The summed E-state index contributed by atoms with van der Waals surface area (Å²) in [6, 6.07) is 19.5. The van der Waals surface area contributed by atoms with E-state index in [0.717, 1.165) is 38.5 Å². The predicted molar refractivity (Wildman–Crippen MR) is 145 cm³/mol. The number of hydrogen-bond donors (Lipinski definition) is 2. The topological polar surface area (TPSA) is 207 Å². The molecule has 12 nitrogen and oxygen atoms in total. The zero-order valence-electron chi connectivity index (χ0n) is 22.2. The second kappa shape index (κ2) is 14.3. The van der Waals surface area contributed by atoms with Gasteiger partial charge in [-0.1, -0.05) is 60.7 Å². The molecule has 0 aromatic heterocycles. The van der Waals surface area contributed by atoms with E-state index in [-0.39, 0.29) is 50.2 Å². The Morgan fingerprint density at radius 2 is 0.907 bits per heavy atom. The number of carbonyl (C=O) groups is 2. The Bertz CT molecular complexity index is 1710. The number of phenolic OH excluding ortho intramolecular Hbond substituents is 2. The second-order valence-corrected chi connectivity index (χ2v) is 11.0. The summed E-state index contributed by atoms with van der Waals surface area (Å²) in [7, 11) is -7.37. The molecule has 0 aliphatic rings. The van der Waals surface area contributed by atoms with Gasteiger partial charge in [-0.2, -0.15) is 0 Å². The fourth-order valence-electron chi connectivity index (χ4n) is 3.66. The maximum absolute atomic E-state index is 12.2. The summed E-state index contributed by atoms with van der Waals surface area (Å²) in [5, 5.41) is 19.7. The van der Waals surface area contributed by atoms with Crippen LogP contribution in [0.2, 0.25) is 0 Å². The number of hydrogen-bond acceptors (Lipinski definition) is 12. The van der Waals surface area contributed by atoms with Crippen LogP contribution >= 0.6 is 0 Å². The zero-order valence-corrected chi connectivity index (χ0v) is 24.8. The molecule has 0 amide bonds. The van der Waals surface area contributed by atoms with E-state index in [1.807, 2.05) is 0 Å². The van der Waals surface area contributed by atoms with Crippen molar-refractivity contribution in [3.63, 3.8) is 0 Å². The van der Waals surface area contributed by atoms with Crippen LogP contribution in [0, 0.1) is 0 Å². The van der Waals surface area contributed by atoms with Crippen molar-refractivity contribution in [3.05, 3.63) is 107 Å². The number of ketones is 2. The summed E-state index contributed by atoms with van der Waals surface area (Å²) in [4.78, 5) is 23.1. The van der Waals surface area contributed by atoms with Crippen molar-refractivity contribution >= 4 is 31.8 Å². The third-order valence-electron chi connectivity index (χ3n) is 5.66. The molecule has 0 aliphatic heterocycles. The van der Waals surface area contributed by atoms with Gasteiger partial charge in [-0.25, -0.2) is 16.8 Å². The van der Waals surface area contributed by atoms with Crippen molar-refractivity contribution in [3.8, 4) is 23.0 Å². The molecule has 0 atom stereocenters. The molecule has 4 rings (SSSR count). The van der Waals surface area contributed by atoms with Gasteiger partial charge in [-0.05, 0) is 12.1 Å². The second-order valence-electron chi connectivity index (χ2n) is 8.34. The van der Waals surface area contributed by atoms with E-state index in [4.69, 9.17) is 9.47 Å². The number of phenols is 2. The van der Waals surface area contributed by atoms with Gasteiger partial charge in [0.25, 0.3) is 0 Å². The van der Waals surface area contributed by atoms with Crippen molar-refractivity contribution in [2.24, 2.45) is 0 Å². The number of benzene rings is 4. The van der Waals surface area contributed by atoms with Crippen LogP contribution in [0.1, 0.15) is 31.8 Å². The minimum Gasteiger partial charge on any atom is -0.744 e. The normalized spacial score (nSPS) is 10.9. The Morgan fingerprint density at radius 3 is 1.16 bits per heavy atom. The van der Waals surface area contributed by atoms with E-state index in [9.17, 15) is 45.7 Å². The van der Waals surface area contributed by atoms with E-state index in [2.05, 4.69) is 0 Å². The van der Waals surface area contributed by atoms with Crippen LogP contribution in [0.15, 0.2) is 94.7 Å². The zero-order chi connectivity index (χ0) is 31.2. The summed E-state index contributed by atoms with van der Waals surface area (Å²) in [5.41, 5.74) is -0.0488. The van der Waals surface area contributed by atoms with Crippen LogP contribution in [-0.2, 0) is 36.7 Å². The summed E-state index contributed by atoms with van der Waals surface area (Å²) >= 11 is 0. The van der Waals surface area contributed by atoms with Crippen LogP contribution in [0.3, 0.4) is 0 Å².